The minimum atomic E-state index is -3.56. The smallest absolute Gasteiger partial charge is 0.186 e. The van der Waals surface area contributed by atoms with Crippen LogP contribution < -0.4 is 10.7 Å². The Morgan fingerprint density at radius 2 is 1.74 bits per heavy atom. The number of nitrogens with zero attached hydrogens (tertiary/aromatic N) is 4. The number of aromatic nitrogens is 2. The second kappa shape index (κ2) is 14.9. The van der Waals surface area contributed by atoms with Crippen molar-refractivity contribution in [3.05, 3.63) is 66.9 Å². The molecule has 0 spiro atoms. The van der Waals surface area contributed by atoms with Gasteiger partial charge in [0.25, 0.3) is 0 Å². The number of aliphatic imine (C=N–C) groups is 2. The number of ketones is 1. The van der Waals surface area contributed by atoms with Crippen molar-refractivity contribution in [2.24, 2.45) is 21.8 Å². The van der Waals surface area contributed by atoms with Crippen LogP contribution >= 0.6 is 8.58 Å². The molecule has 262 valence electrons. The molecule has 1 aliphatic carbocycles. The largest absolute Gasteiger partial charge is 0.373 e. The standard InChI is InChI=1S/C39H49N4O2.CO2.ClH.In/c1-9-12-13-14-16-45-25(8)36-23(6)31-18-30-22(5)27(15-10-2)38(42-30)28-17-35(44)37-24(7)32(43-39(28)37)19-33-26(11-3)21(4)29(40-33)20-34(36)41-31;2-1-3;;/h18-21,25-26H,9-17H2,1-8H3,(H-,40,41,42,43,44);;1H;/q-1;;;+3/p-2/t21-,25?,26-;;;/m1.../s1. The third kappa shape index (κ3) is 5.96. The molecule has 50 heavy (non-hydrogen) atoms. The van der Waals surface area contributed by atoms with E-state index in [9.17, 15) is 4.79 Å². The average molecular weight is 799 g/mol. The first-order valence-corrected chi connectivity index (χ1v) is 25.5. The van der Waals surface area contributed by atoms with Crippen LogP contribution in [0.15, 0.2) is 32.5 Å². The molecule has 4 aliphatic heterocycles. The van der Waals surface area contributed by atoms with Crippen molar-refractivity contribution in [3.8, 4) is 0 Å². The average Bonchev–Trinajstić information content (AvgIpc) is 3.82. The molecule has 10 heteroatoms. The van der Waals surface area contributed by atoms with Crippen molar-refractivity contribution < 1.29 is 19.1 Å². The van der Waals surface area contributed by atoms with Crippen molar-refractivity contribution in [3.63, 3.8) is 0 Å². The number of Topliss-reactive ketones (excluding diaryl/α,β-unsaturated/α-hetero) is 1. The first-order valence-electron chi connectivity index (χ1n) is 18.3. The molecule has 0 aromatic carbocycles. The predicted octanol–water partition coefficient (Wildman–Crippen LogP) is 7.52. The molecule has 6 bridgehead atoms. The van der Waals surface area contributed by atoms with E-state index in [1.54, 1.807) is 0 Å². The molecule has 5 aliphatic rings. The van der Waals surface area contributed by atoms with E-state index >= 15 is 0 Å². The predicted molar refractivity (Wildman–Crippen MR) is 202 cm³/mol. The Morgan fingerprint density at radius 3 is 2.42 bits per heavy atom. The van der Waals surface area contributed by atoms with Crippen molar-refractivity contribution in [2.75, 3.05) is 6.61 Å². The van der Waals surface area contributed by atoms with E-state index in [0.717, 1.165) is 93.9 Å². The van der Waals surface area contributed by atoms with Crippen LogP contribution in [0.2, 0.25) is 0 Å². The summed E-state index contributed by atoms with van der Waals surface area (Å²) in [5.41, 5.74) is 14.3. The van der Waals surface area contributed by atoms with Crippen molar-refractivity contribution >= 4 is 76.6 Å². The second-order valence-corrected chi connectivity index (χ2v) is 21.6. The molecule has 7 rings (SSSR count). The van der Waals surface area contributed by atoms with Gasteiger partial charge in [0.05, 0.1) is 0 Å². The number of hydrogen-bond acceptors (Lipinski definition) is 6. The summed E-state index contributed by atoms with van der Waals surface area (Å²) >= 11 is -3.56. The van der Waals surface area contributed by atoms with Crippen molar-refractivity contribution in [1.82, 2.24) is 5.11 Å². The third-order valence-electron chi connectivity index (χ3n) is 11.3. The molecular weight excluding hydrogens is 751 g/mol. The van der Waals surface area contributed by atoms with Gasteiger partial charge in [0, 0.05) is 0 Å². The molecule has 0 N–H and O–H groups in total. The van der Waals surface area contributed by atoms with Gasteiger partial charge in [-0.25, -0.2) is 0 Å². The number of ether oxygens (including phenoxy) is 1. The van der Waals surface area contributed by atoms with E-state index < -0.39 is 20.8 Å². The van der Waals surface area contributed by atoms with Gasteiger partial charge in [-0.3, -0.25) is 0 Å². The van der Waals surface area contributed by atoms with Gasteiger partial charge in [0.15, 0.2) is 0 Å². The van der Waals surface area contributed by atoms with Gasteiger partial charge in [0.1, 0.15) is 0 Å². The first kappa shape index (κ1) is 36.8. The quantitative estimate of drug-likeness (QED) is 0.233. The SMILES string of the molecule is CCCCCCOC(C)c1c(C)c2[n]3c1C=C1N=C(C=c4c(C)c5c([n]4[In]3[Cl])=C(CC5=O)C3=NC(=C2)C(C)=C3CCC)[C@H](CC)[C@H]1C.O=C=O. The summed E-state index contributed by atoms with van der Waals surface area (Å²) in [6.45, 7) is 18.5. The van der Waals surface area contributed by atoms with Gasteiger partial charge in [-0.2, -0.15) is 9.59 Å². The summed E-state index contributed by atoms with van der Waals surface area (Å²) in [5.74, 6) is 0.760. The Hall–Kier alpha value is -2.97. The third-order valence-corrected chi connectivity index (χ3v) is 19.5. The number of allylic oxidation sites excluding steroid dienone is 3. The monoisotopic (exact) mass is 798 g/mol. The maximum Gasteiger partial charge on any atom is 0.373 e. The maximum absolute atomic E-state index is 14.0. The molecule has 6 heterocycles. The fourth-order valence-electron chi connectivity index (χ4n) is 8.74. The summed E-state index contributed by atoms with van der Waals surface area (Å²) < 4.78 is 11.6. The zero-order chi connectivity index (χ0) is 36.0. The van der Waals surface area contributed by atoms with Crippen LogP contribution in [0.25, 0.3) is 23.8 Å². The fourth-order valence-corrected chi connectivity index (χ4v) is 17.7. The number of halogens is 1. The zero-order valence-electron chi connectivity index (χ0n) is 30.7. The second-order valence-electron chi connectivity index (χ2n) is 14.2. The molecule has 0 fully saturated rings. The fraction of sp³-hybridized carbons (Fsp3) is 0.500. The summed E-state index contributed by atoms with van der Waals surface area (Å²) in [6, 6.07) is 0. The molecule has 2 aromatic heterocycles. The van der Waals surface area contributed by atoms with E-state index in [2.05, 4.69) is 78.7 Å². The number of carbonyl (C=O) groups is 1. The number of rotatable bonds is 10. The van der Waals surface area contributed by atoms with Crippen LogP contribution in [0, 0.1) is 25.7 Å². The first-order chi connectivity index (χ1) is 24.0. The van der Waals surface area contributed by atoms with Gasteiger partial charge in [-0.15, -0.1) is 0 Å². The van der Waals surface area contributed by atoms with Crippen LogP contribution in [0.4, 0.5) is 0 Å². The van der Waals surface area contributed by atoms with Crippen LogP contribution in [0.1, 0.15) is 137 Å². The number of hydrogen-bond donors (Lipinski definition) is 0. The number of carbonyl (C=O) groups excluding carboxylic acids is 3. The maximum atomic E-state index is 14.0. The van der Waals surface area contributed by atoms with Gasteiger partial charge in [-0.1, -0.05) is 0 Å². The summed E-state index contributed by atoms with van der Waals surface area (Å²) in [4.78, 5) is 41.0. The van der Waals surface area contributed by atoms with E-state index in [1.807, 2.05) is 0 Å². The molecule has 8 nitrogen and oxygen atoms in total. The summed E-state index contributed by atoms with van der Waals surface area (Å²) in [6.07, 6.45) is 15.1. The Balaban J connectivity index is 0.00000139. The van der Waals surface area contributed by atoms with E-state index in [1.165, 1.54) is 41.5 Å². The number of fused-ring (bicyclic) bond motifs is 3. The van der Waals surface area contributed by atoms with Crippen LogP contribution in [-0.2, 0) is 14.3 Å². The minimum absolute atomic E-state index is 0.103. The van der Waals surface area contributed by atoms with Crippen LogP contribution in [0.5, 0.6) is 0 Å². The molecule has 2 aromatic rings. The number of unbranched alkanes of at least 4 members (excludes halogenated alkanes) is 3. The Kier molecular flexibility index (Phi) is 11.0. The van der Waals surface area contributed by atoms with E-state index in [-0.39, 0.29) is 24.0 Å². The Labute approximate surface area is 307 Å². The topological polar surface area (TPSA) is 95.0 Å². The van der Waals surface area contributed by atoms with Crippen LogP contribution in [0.3, 0.4) is 0 Å². The Bertz CT molecular complexity index is 2090. The normalized spacial score (nSPS) is 20.5. The van der Waals surface area contributed by atoms with E-state index in [4.69, 9.17) is 32.9 Å². The van der Waals surface area contributed by atoms with Gasteiger partial charge in [-0.05, 0) is 0 Å². The van der Waals surface area contributed by atoms with Crippen molar-refractivity contribution in [1.29, 1.82) is 0 Å². The van der Waals surface area contributed by atoms with Gasteiger partial charge >= 0.3 is 299 Å². The van der Waals surface area contributed by atoms with E-state index in [0.29, 0.717) is 12.3 Å². The van der Waals surface area contributed by atoms with Gasteiger partial charge in [0.2, 0.25) is 0 Å². The molecule has 0 saturated carbocycles. The molecular formula is C40H48ClInN4O4. The van der Waals surface area contributed by atoms with Crippen molar-refractivity contribution in [2.45, 2.75) is 113 Å². The summed E-state index contributed by atoms with van der Waals surface area (Å²) in [7, 11) is 8.08. The Morgan fingerprint density at radius 1 is 1.00 bits per heavy atom. The zero-order valence-corrected chi connectivity index (χ0v) is 34.8. The molecule has 0 amide bonds. The van der Waals surface area contributed by atoms with Crippen LogP contribution in [-0.4, -0.2) is 55.9 Å². The molecule has 3 atom stereocenters. The molecule has 0 saturated heterocycles. The summed E-state index contributed by atoms with van der Waals surface area (Å²) in [5, 5.41) is 2.09. The molecule has 1 unspecified atom stereocenters. The minimum Gasteiger partial charge on any atom is -0.186 e. The van der Waals surface area contributed by atoms with Gasteiger partial charge < -0.3 is 0 Å². The molecule has 0 radical (unpaired) electrons.